The summed E-state index contributed by atoms with van der Waals surface area (Å²) < 4.78 is 7.45. The van der Waals surface area contributed by atoms with Crippen molar-refractivity contribution in [3.05, 3.63) is 40.7 Å². The first kappa shape index (κ1) is 14.1. The second-order valence-electron chi connectivity index (χ2n) is 6.41. The number of benzene rings is 1. The monoisotopic (exact) mass is 286 g/mol. The van der Waals surface area contributed by atoms with Gasteiger partial charge < -0.3 is 14.6 Å². The quantitative estimate of drug-likeness (QED) is 0.923. The Labute approximate surface area is 124 Å². The zero-order chi connectivity index (χ0) is 15.0. The average molecular weight is 286 g/mol. The van der Waals surface area contributed by atoms with E-state index < -0.39 is 0 Å². The molecule has 4 nitrogen and oxygen atoms in total. The van der Waals surface area contributed by atoms with Crippen molar-refractivity contribution in [2.24, 2.45) is 7.05 Å². The van der Waals surface area contributed by atoms with E-state index in [9.17, 15) is 4.79 Å². The van der Waals surface area contributed by atoms with Gasteiger partial charge in [0.15, 0.2) is 0 Å². The van der Waals surface area contributed by atoms with E-state index >= 15 is 0 Å². The SMILES string of the molecule is Cn1c(=O)cc(NC2CCOC(C)(C)C2)c2ccccc21. The van der Waals surface area contributed by atoms with Crippen LogP contribution < -0.4 is 10.9 Å². The maximum atomic E-state index is 12.1. The van der Waals surface area contributed by atoms with Gasteiger partial charge in [-0.3, -0.25) is 4.79 Å². The third-order valence-corrected chi connectivity index (χ3v) is 4.21. The molecule has 2 aromatic rings. The first-order chi connectivity index (χ1) is 9.96. The number of aromatic nitrogens is 1. The fourth-order valence-corrected chi connectivity index (χ4v) is 3.11. The molecule has 0 amide bonds. The van der Waals surface area contributed by atoms with Crippen LogP contribution in [0.1, 0.15) is 26.7 Å². The van der Waals surface area contributed by atoms with Crippen molar-refractivity contribution < 1.29 is 4.74 Å². The van der Waals surface area contributed by atoms with E-state index in [0.29, 0.717) is 6.04 Å². The van der Waals surface area contributed by atoms with Gasteiger partial charge in [0.05, 0.1) is 11.1 Å². The van der Waals surface area contributed by atoms with Gasteiger partial charge in [-0.1, -0.05) is 18.2 Å². The molecule has 0 radical (unpaired) electrons. The fourth-order valence-electron chi connectivity index (χ4n) is 3.11. The first-order valence-corrected chi connectivity index (χ1v) is 7.45. The van der Waals surface area contributed by atoms with Gasteiger partial charge >= 0.3 is 0 Å². The summed E-state index contributed by atoms with van der Waals surface area (Å²) >= 11 is 0. The van der Waals surface area contributed by atoms with Crippen molar-refractivity contribution in [2.45, 2.75) is 38.3 Å². The molecule has 1 aromatic carbocycles. The molecule has 0 spiro atoms. The predicted octanol–water partition coefficient (Wildman–Crippen LogP) is 2.91. The molecular formula is C17H22N2O2. The van der Waals surface area contributed by atoms with Crippen LogP contribution in [-0.4, -0.2) is 22.8 Å². The number of nitrogens with zero attached hydrogens (tertiary/aromatic N) is 1. The minimum absolute atomic E-state index is 0.0162. The van der Waals surface area contributed by atoms with Crippen molar-refractivity contribution in [3.8, 4) is 0 Å². The number of aryl methyl sites for hydroxylation is 1. The van der Waals surface area contributed by atoms with Gasteiger partial charge in [0, 0.05) is 36.8 Å². The van der Waals surface area contributed by atoms with E-state index in [2.05, 4.69) is 25.2 Å². The predicted molar refractivity (Wildman–Crippen MR) is 85.9 cm³/mol. The molecule has 3 rings (SSSR count). The van der Waals surface area contributed by atoms with E-state index in [-0.39, 0.29) is 11.2 Å². The highest BCUT2D eigenvalue weighted by atomic mass is 16.5. The number of hydrogen-bond acceptors (Lipinski definition) is 3. The largest absolute Gasteiger partial charge is 0.381 e. The lowest BCUT2D eigenvalue weighted by Gasteiger charge is -2.36. The number of hydrogen-bond donors (Lipinski definition) is 1. The van der Waals surface area contributed by atoms with Crippen molar-refractivity contribution >= 4 is 16.6 Å². The van der Waals surface area contributed by atoms with Crippen LogP contribution in [0.4, 0.5) is 5.69 Å². The van der Waals surface area contributed by atoms with Crippen molar-refractivity contribution in [3.63, 3.8) is 0 Å². The molecule has 1 atom stereocenters. The van der Waals surface area contributed by atoms with E-state index in [1.54, 1.807) is 10.6 Å². The van der Waals surface area contributed by atoms with Crippen LogP contribution in [0.15, 0.2) is 35.1 Å². The summed E-state index contributed by atoms with van der Waals surface area (Å²) in [5.41, 5.74) is 1.79. The molecule has 0 bridgehead atoms. The number of nitrogens with one attached hydrogen (secondary N) is 1. The third-order valence-electron chi connectivity index (χ3n) is 4.21. The normalized spacial score (nSPS) is 21.4. The Morgan fingerprint density at radius 2 is 2.10 bits per heavy atom. The Morgan fingerprint density at radius 3 is 2.86 bits per heavy atom. The highest BCUT2D eigenvalue weighted by Crippen LogP contribution is 2.28. The first-order valence-electron chi connectivity index (χ1n) is 7.45. The summed E-state index contributed by atoms with van der Waals surface area (Å²) in [4.78, 5) is 12.1. The molecule has 0 saturated carbocycles. The number of rotatable bonds is 2. The average Bonchev–Trinajstić information content (AvgIpc) is 2.43. The highest BCUT2D eigenvalue weighted by molar-refractivity contribution is 5.91. The van der Waals surface area contributed by atoms with Gasteiger partial charge in [0.25, 0.3) is 5.56 Å². The number of fused-ring (bicyclic) bond motifs is 1. The van der Waals surface area contributed by atoms with Crippen molar-refractivity contribution in [1.29, 1.82) is 0 Å². The minimum atomic E-state index is -0.106. The second kappa shape index (κ2) is 5.19. The van der Waals surface area contributed by atoms with E-state index in [1.807, 2.05) is 25.2 Å². The van der Waals surface area contributed by atoms with Gasteiger partial charge in [0.1, 0.15) is 0 Å². The summed E-state index contributed by atoms with van der Waals surface area (Å²) in [5.74, 6) is 0. The zero-order valence-corrected chi connectivity index (χ0v) is 12.8. The fraction of sp³-hybridized carbons (Fsp3) is 0.471. The van der Waals surface area contributed by atoms with Gasteiger partial charge in [-0.05, 0) is 32.8 Å². The van der Waals surface area contributed by atoms with Crippen LogP contribution in [0.3, 0.4) is 0 Å². The molecule has 1 saturated heterocycles. The van der Waals surface area contributed by atoms with E-state index in [0.717, 1.165) is 36.0 Å². The smallest absolute Gasteiger partial charge is 0.252 e. The van der Waals surface area contributed by atoms with Crippen LogP contribution in [0.25, 0.3) is 10.9 Å². The molecule has 1 aromatic heterocycles. The van der Waals surface area contributed by atoms with Crippen LogP contribution in [0.5, 0.6) is 0 Å². The molecule has 2 heterocycles. The van der Waals surface area contributed by atoms with Gasteiger partial charge in [-0.15, -0.1) is 0 Å². The number of pyridine rings is 1. The topological polar surface area (TPSA) is 43.3 Å². The third kappa shape index (κ3) is 2.81. The van der Waals surface area contributed by atoms with E-state index in [4.69, 9.17) is 4.74 Å². The molecule has 1 unspecified atom stereocenters. The Kier molecular flexibility index (Phi) is 3.49. The maximum absolute atomic E-state index is 12.1. The summed E-state index contributed by atoms with van der Waals surface area (Å²) in [5, 5.41) is 4.64. The number of anilines is 1. The molecule has 1 fully saturated rings. The molecule has 21 heavy (non-hydrogen) atoms. The lowest BCUT2D eigenvalue weighted by molar-refractivity contribution is -0.0553. The van der Waals surface area contributed by atoms with Gasteiger partial charge in [-0.25, -0.2) is 0 Å². The Balaban J connectivity index is 1.98. The van der Waals surface area contributed by atoms with Crippen molar-refractivity contribution in [2.75, 3.05) is 11.9 Å². The molecule has 1 aliphatic rings. The Hall–Kier alpha value is -1.81. The van der Waals surface area contributed by atoms with Gasteiger partial charge in [0.2, 0.25) is 0 Å². The lowest BCUT2D eigenvalue weighted by atomic mass is 9.93. The summed E-state index contributed by atoms with van der Waals surface area (Å²) in [7, 11) is 1.81. The Bertz CT molecular complexity index is 718. The zero-order valence-electron chi connectivity index (χ0n) is 12.8. The van der Waals surface area contributed by atoms with Gasteiger partial charge in [-0.2, -0.15) is 0 Å². The number of para-hydroxylation sites is 1. The molecule has 4 heteroatoms. The van der Waals surface area contributed by atoms with Crippen LogP contribution in [-0.2, 0) is 11.8 Å². The standard InChI is InChI=1S/C17H22N2O2/c1-17(2)11-12(8-9-21-17)18-14-10-16(20)19(3)15-7-5-4-6-13(14)15/h4-7,10,12,18H,8-9,11H2,1-3H3. The van der Waals surface area contributed by atoms with Crippen LogP contribution in [0.2, 0.25) is 0 Å². The molecule has 1 N–H and O–H groups in total. The molecule has 1 aliphatic heterocycles. The van der Waals surface area contributed by atoms with Crippen LogP contribution in [0, 0.1) is 0 Å². The Morgan fingerprint density at radius 1 is 1.33 bits per heavy atom. The van der Waals surface area contributed by atoms with Crippen LogP contribution >= 0.6 is 0 Å². The van der Waals surface area contributed by atoms with Crippen molar-refractivity contribution in [1.82, 2.24) is 4.57 Å². The molecule has 0 aliphatic carbocycles. The molecule has 112 valence electrons. The minimum Gasteiger partial charge on any atom is -0.381 e. The molecular weight excluding hydrogens is 264 g/mol. The summed E-state index contributed by atoms with van der Waals surface area (Å²) in [6.07, 6.45) is 1.91. The summed E-state index contributed by atoms with van der Waals surface area (Å²) in [6, 6.07) is 10.0. The number of ether oxygens (including phenoxy) is 1. The maximum Gasteiger partial charge on any atom is 0.252 e. The highest BCUT2D eigenvalue weighted by Gasteiger charge is 2.29. The lowest BCUT2D eigenvalue weighted by Crippen LogP contribution is -2.40. The second-order valence-corrected chi connectivity index (χ2v) is 6.41. The summed E-state index contributed by atoms with van der Waals surface area (Å²) in [6.45, 7) is 4.99. The van der Waals surface area contributed by atoms with E-state index in [1.165, 1.54) is 0 Å².